The highest BCUT2D eigenvalue weighted by molar-refractivity contribution is 7.92. The van der Waals surface area contributed by atoms with E-state index in [2.05, 4.69) is 19.7 Å². The van der Waals surface area contributed by atoms with E-state index in [4.69, 9.17) is 4.74 Å². The second-order valence-electron chi connectivity index (χ2n) is 7.82. The van der Waals surface area contributed by atoms with Gasteiger partial charge in [0.25, 0.3) is 10.0 Å². The van der Waals surface area contributed by atoms with Gasteiger partial charge in [0.1, 0.15) is 29.5 Å². The Bertz CT molecular complexity index is 1680. The van der Waals surface area contributed by atoms with E-state index < -0.39 is 21.7 Å². The third kappa shape index (κ3) is 4.58. The molecule has 180 valence electrons. The van der Waals surface area contributed by atoms with Crippen molar-refractivity contribution < 1.29 is 21.9 Å². The fraction of sp³-hybridized carbons (Fsp3) is 0.0385. The van der Waals surface area contributed by atoms with Crippen molar-refractivity contribution in [2.75, 3.05) is 11.8 Å². The molecule has 0 bridgehead atoms. The molecule has 10 heteroatoms. The van der Waals surface area contributed by atoms with Crippen molar-refractivity contribution in [1.29, 1.82) is 0 Å². The number of nitrogens with one attached hydrogen (secondary N) is 1. The molecule has 5 aromatic rings. The summed E-state index contributed by atoms with van der Waals surface area (Å²) >= 11 is 0. The number of sulfonamides is 1. The van der Waals surface area contributed by atoms with Gasteiger partial charge in [0.05, 0.1) is 17.7 Å². The topological polar surface area (TPSA) is 94.1 Å². The molecule has 36 heavy (non-hydrogen) atoms. The lowest BCUT2D eigenvalue weighted by Crippen LogP contribution is -2.13. The van der Waals surface area contributed by atoms with Gasteiger partial charge in [-0.05, 0) is 65.0 Å². The van der Waals surface area contributed by atoms with Crippen LogP contribution in [0, 0.1) is 11.6 Å². The molecule has 1 N–H and O–H groups in total. The first kappa shape index (κ1) is 23.3. The van der Waals surface area contributed by atoms with Crippen molar-refractivity contribution in [2.45, 2.75) is 4.90 Å². The standard InChI is InChI=1S/C26H18F2N4O3S/c1-35-24-13-16(18-10-19(27)14-20(28)11-18)2-4-23(24)26-22-5-3-21(12-17(22)6-9-30-26)36(33,34)32-25-7-8-29-15-31-25/h2-15H,1H3,(H,29,31,32). The van der Waals surface area contributed by atoms with Crippen LogP contribution >= 0.6 is 0 Å². The molecule has 0 fully saturated rings. The number of fused-ring (bicyclic) bond motifs is 1. The first-order chi connectivity index (χ1) is 17.3. The zero-order chi connectivity index (χ0) is 25.3. The van der Waals surface area contributed by atoms with E-state index >= 15 is 0 Å². The summed E-state index contributed by atoms with van der Waals surface area (Å²) in [5.74, 6) is -0.754. The molecule has 0 saturated carbocycles. The van der Waals surface area contributed by atoms with E-state index in [0.717, 1.165) is 6.07 Å². The smallest absolute Gasteiger partial charge is 0.263 e. The first-order valence-electron chi connectivity index (χ1n) is 10.7. The molecule has 0 spiro atoms. The van der Waals surface area contributed by atoms with E-state index in [1.54, 1.807) is 42.6 Å². The Labute approximate surface area is 205 Å². The summed E-state index contributed by atoms with van der Waals surface area (Å²) in [7, 11) is -2.40. The molecular formula is C26H18F2N4O3S. The monoisotopic (exact) mass is 504 g/mol. The molecule has 0 atom stereocenters. The van der Waals surface area contributed by atoms with Crippen LogP contribution in [0.1, 0.15) is 0 Å². The number of nitrogens with zero attached hydrogens (tertiary/aromatic N) is 3. The van der Waals surface area contributed by atoms with Crippen LogP contribution in [0.3, 0.4) is 0 Å². The number of anilines is 1. The molecule has 3 aromatic carbocycles. The average molecular weight is 505 g/mol. The summed E-state index contributed by atoms with van der Waals surface area (Å²) in [5, 5.41) is 1.34. The van der Waals surface area contributed by atoms with E-state index in [0.29, 0.717) is 38.9 Å². The molecule has 2 heterocycles. The molecule has 5 rings (SSSR count). The lowest BCUT2D eigenvalue weighted by molar-refractivity contribution is 0.416. The van der Waals surface area contributed by atoms with Crippen LogP contribution in [0.2, 0.25) is 0 Å². The molecule has 0 unspecified atom stereocenters. The maximum absolute atomic E-state index is 13.7. The average Bonchev–Trinajstić information content (AvgIpc) is 2.87. The molecular weight excluding hydrogens is 486 g/mol. The number of halogens is 2. The van der Waals surface area contributed by atoms with Crippen molar-refractivity contribution in [3.8, 4) is 28.1 Å². The highest BCUT2D eigenvalue weighted by atomic mass is 32.2. The summed E-state index contributed by atoms with van der Waals surface area (Å²) in [6.07, 6.45) is 4.26. The van der Waals surface area contributed by atoms with Crippen molar-refractivity contribution >= 4 is 26.6 Å². The fourth-order valence-electron chi connectivity index (χ4n) is 3.87. The van der Waals surface area contributed by atoms with Crippen molar-refractivity contribution in [3.05, 3.63) is 97.1 Å². The van der Waals surface area contributed by atoms with Gasteiger partial charge in [-0.2, -0.15) is 0 Å². The number of aromatic nitrogens is 3. The van der Waals surface area contributed by atoms with Crippen LogP contribution < -0.4 is 9.46 Å². The largest absolute Gasteiger partial charge is 0.496 e. The van der Waals surface area contributed by atoms with Gasteiger partial charge >= 0.3 is 0 Å². The summed E-state index contributed by atoms with van der Waals surface area (Å²) in [6, 6.07) is 16.3. The lowest BCUT2D eigenvalue weighted by atomic mass is 9.99. The number of rotatable bonds is 6. The molecule has 0 aliphatic heterocycles. The Morgan fingerprint density at radius 1 is 0.833 bits per heavy atom. The maximum atomic E-state index is 13.7. The minimum atomic E-state index is -3.89. The summed E-state index contributed by atoms with van der Waals surface area (Å²) < 4.78 is 61.2. The Hall–Kier alpha value is -4.44. The minimum Gasteiger partial charge on any atom is -0.496 e. The number of methoxy groups -OCH3 is 1. The second-order valence-corrected chi connectivity index (χ2v) is 9.50. The van der Waals surface area contributed by atoms with E-state index in [9.17, 15) is 17.2 Å². The van der Waals surface area contributed by atoms with Gasteiger partial charge < -0.3 is 4.74 Å². The summed E-state index contributed by atoms with van der Waals surface area (Å²) in [6.45, 7) is 0. The van der Waals surface area contributed by atoms with Crippen molar-refractivity contribution in [3.63, 3.8) is 0 Å². The van der Waals surface area contributed by atoms with Crippen molar-refractivity contribution in [2.24, 2.45) is 0 Å². The van der Waals surface area contributed by atoms with Crippen LogP contribution in [0.4, 0.5) is 14.6 Å². The minimum absolute atomic E-state index is 0.0567. The molecule has 0 aliphatic rings. The van der Waals surface area contributed by atoms with Crippen LogP contribution in [0.15, 0.2) is 90.3 Å². The van der Waals surface area contributed by atoms with Gasteiger partial charge in [-0.15, -0.1) is 0 Å². The molecule has 0 amide bonds. The highest BCUT2D eigenvalue weighted by Crippen LogP contribution is 2.37. The third-order valence-corrected chi connectivity index (χ3v) is 6.87. The van der Waals surface area contributed by atoms with E-state index in [1.807, 2.05) is 0 Å². The molecule has 0 aliphatic carbocycles. The van der Waals surface area contributed by atoms with Gasteiger partial charge in [-0.1, -0.05) is 12.1 Å². The maximum Gasteiger partial charge on any atom is 0.263 e. The molecule has 7 nitrogen and oxygen atoms in total. The Morgan fingerprint density at radius 2 is 1.64 bits per heavy atom. The third-order valence-electron chi connectivity index (χ3n) is 5.52. The van der Waals surface area contributed by atoms with Crippen LogP contribution in [-0.4, -0.2) is 30.5 Å². The number of pyridine rings is 1. The number of benzene rings is 3. The SMILES string of the molecule is COc1cc(-c2cc(F)cc(F)c2)ccc1-c1nccc2cc(S(=O)(=O)Nc3ccncn3)ccc12. The van der Waals surface area contributed by atoms with Crippen LogP contribution in [0.5, 0.6) is 5.75 Å². The first-order valence-corrected chi connectivity index (χ1v) is 12.1. The number of ether oxygens (including phenoxy) is 1. The van der Waals surface area contributed by atoms with Gasteiger partial charge in [0.2, 0.25) is 0 Å². The van der Waals surface area contributed by atoms with Gasteiger partial charge in [-0.3, -0.25) is 9.71 Å². The zero-order valence-electron chi connectivity index (χ0n) is 18.8. The van der Waals surface area contributed by atoms with E-state index in [1.165, 1.54) is 43.9 Å². The normalized spacial score (nSPS) is 11.4. The van der Waals surface area contributed by atoms with Crippen LogP contribution in [-0.2, 0) is 10.0 Å². The molecule has 2 aromatic heterocycles. The Balaban J connectivity index is 1.55. The number of hydrogen-bond acceptors (Lipinski definition) is 6. The van der Waals surface area contributed by atoms with Crippen LogP contribution in [0.25, 0.3) is 33.2 Å². The molecule has 0 saturated heterocycles. The second kappa shape index (κ2) is 9.31. The quantitative estimate of drug-likeness (QED) is 0.331. The van der Waals surface area contributed by atoms with Gasteiger partial charge in [0.15, 0.2) is 0 Å². The molecule has 0 radical (unpaired) electrons. The van der Waals surface area contributed by atoms with Crippen molar-refractivity contribution in [1.82, 2.24) is 15.0 Å². The Kier molecular flexibility index (Phi) is 6.03. The lowest BCUT2D eigenvalue weighted by Gasteiger charge is -2.13. The summed E-state index contributed by atoms with van der Waals surface area (Å²) in [5.41, 5.74) is 2.14. The predicted octanol–water partition coefficient (Wildman–Crippen LogP) is 5.45. The number of hydrogen-bond donors (Lipinski definition) is 1. The highest BCUT2D eigenvalue weighted by Gasteiger charge is 2.18. The van der Waals surface area contributed by atoms with Gasteiger partial charge in [-0.25, -0.2) is 27.2 Å². The van der Waals surface area contributed by atoms with Gasteiger partial charge in [0, 0.05) is 29.4 Å². The summed E-state index contributed by atoms with van der Waals surface area (Å²) in [4.78, 5) is 12.2. The fourth-order valence-corrected chi connectivity index (χ4v) is 4.92. The Morgan fingerprint density at radius 3 is 2.36 bits per heavy atom. The predicted molar refractivity (Wildman–Crippen MR) is 132 cm³/mol. The van der Waals surface area contributed by atoms with E-state index in [-0.39, 0.29) is 10.7 Å². The zero-order valence-corrected chi connectivity index (χ0v) is 19.6.